The van der Waals surface area contributed by atoms with Gasteiger partial charge in [-0.2, -0.15) is 0 Å². The molecule has 0 aromatic heterocycles. The Bertz CT molecular complexity index is 877. The van der Waals surface area contributed by atoms with Crippen LogP contribution in [0.5, 0.6) is 0 Å². The second kappa shape index (κ2) is 7.90. The van der Waals surface area contributed by atoms with Crippen molar-refractivity contribution in [3.8, 4) is 0 Å². The molecule has 6 heteroatoms. The molecule has 27 heavy (non-hydrogen) atoms. The van der Waals surface area contributed by atoms with Crippen LogP contribution < -0.4 is 14.5 Å². The number of sulfonamides is 1. The Labute approximate surface area is 163 Å². The van der Waals surface area contributed by atoms with Crippen molar-refractivity contribution in [3.05, 3.63) is 59.7 Å². The summed E-state index contributed by atoms with van der Waals surface area (Å²) in [4.78, 5) is 4.38. The van der Waals surface area contributed by atoms with E-state index >= 15 is 0 Å². The molecule has 1 unspecified atom stereocenters. The van der Waals surface area contributed by atoms with Gasteiger partial charge in [-0.05, 0) is 49.6 Å². The maximum absolute atomic E-state index is 12.3. The van der Waals surface area contributed by atoms with E-state index in [9.17, 15) is 8.42 Å². The molecule has 1 atom stereocenters. The second-order valence-corrected chi connectivity index (χ2v) is 9.84. The molecule has 0 radical (unpaired) electrons. The Morgan fingerprint density at radius 2 is 1.74 bits per heavy atom. The number of nitrogens with one attached hydrogen (secondary N) is 1. The molecule has 0 fully saturated rings. The highest BCUT2D eigenvalue weighted by Crippen LogP contribution is 2.35. The quantitative estimate of drug-likeness (QED) is 0.793. The smallest absolute Gasteiger partial charge is 0.214 e. The highest BCUT2D eigenvalue weighted by Gasteiger charge is 2.28. The fourth-order valence-electron chi connectivity index (χ4n) is 3.45. The van der Waals surface area contributed by atoms with Gasteiger partial charge in [-0.15, -0.1) is 0 Å². The van der Waals surface area contributed by atoms with E-state index in [-0.39, 0.29) is 6.04 Å². The third kappa shape index (κ3) is 4.28. The predicted octanol–water partition coefficient (Wildman–Crippen LogP) is 3.18. The molecule has 3 rings (SSSR count). The molecular formula is C21H29N3O2S. The second-order valence-electron chi connectivity index (χ2n) is 7.52. The van der Waals surface area contributed by atoms with Crippen molar-refractivity contribution in [2.45, 2.75) is 31.6 Å². The zero-order valence-corrected chi connectivity index (χ0v) is 17.3. The maximum Gasteiger partial charge on any atom is 0.214 e. The number of para-hydroxylation sites is 1. The molecule has 0 saturated heterocycles. The summed E-state index contributed by atoms with van der Waals surface area (Å²) in [6.07, 6.45) is 0.986. The molecule has 0 spiro atoms. The molecule has 0 bridgehead atoms. The summed E-state index contributed by atoms with van der Waals surface area (Å²) in [6, 6.07) is 16.7. The Morgan fingerprint density at radius 3 is 2.37 bits per heavy atom. The van der Waals surface area contributed by atoms with E-state index < -0.39 is 15.3 Å². The van der Waals surface area contributed by atoms with Crippen molar-refractivity contribution in [2.24, 2.45) is 0 Å². The van der Waals surface area contributed by atoms with Crippen LogP contribution in [0.2, 0.25) is 0 Å². The van der Waals surface area contributed by atoms with E-state index in [1.54, 1.807) is 13.8 Å². The summed E-state index contributed by atoms with van der Waals surface area (Å²) in [5, 5.41) is -0.444. The van der Waals surface area contributed by atoms with Crippen LogP contribution in [0.1, 0.15) is 31.0 Å². The van der Waals surface area contributed by atoms with Crippen molar-refractivity contribution in [1.82, 2.24) is 4.72 Å². The number of fused-ring (bicyclic) bond motifs is 1. The SMILES string of the molecule is CC(C)S(=O)(=O)NCC(c1ccc(N(C)C)cc1)N1CCc2ccccc21. The van der Waals surface area contributed by atoms with Gasteiger partial charge in [0, 0.05) is 38.6 Å². The summed E-state index contributed by atoms with van der Waals surface area (Å²) in [7, 11) is 0.713. The third-order valence-electron chi connectivity index (χ3n) is 5.19. The largest absolute Gasteiger partial charge is 0.378 e. The Balaban J connectivity index is 1.92. The van der Waals surface area contributed by atoms with Crippen LogP contribution in [0, 0.1) is 0 Å². The van der Waals surface area contributed by atoms with Crippen molar-refractivity contribution in [1.29, 1.82) is 0 Å². The van der Waals surface area contributed by atoms with Crippen molar-refractivity contribution in [3.63, 3.8) is 0 Å². The molecular weight excluding hydrogens is 358 g/mol. The zero-order valence-electron chi connectivity index (χ0n) is 16.5. The van der Waals surface area contributed by atoms with Gasteiger partial charge in [0.2, 0.25) is 10.0 Å². The summed E-state index contributed by atoms with van der Waals surface area (Å²) < 4.78 is 27.5. The van der Waals surface area contributed by atoms with Crippen LogP contribution in [0.25, 0.3) is 0 Å². The lowest BCUT2D eigenvalue weighted by Gasteiger charge is -2.31. The highest BCUT2D eigenvalue weighted by molar-refractivity contribution is 7.90. The number of hydrogen-bond acceptors (Lipinski definition) is 4. The fraction of sp³-hybridized carbons (Fsp3) is 0.429. The lowest BCUT2D eigenvalue weighted by molar-refractivity contribution is 0.555. The Kier molecular flexibility index (Phi) is 5.77. The molecule has 1 N–H and O–H groups in total. The van der Waals surface area contributed by atoms with Crippen molar-refractivity contribution in [2.75, 3.05) is 37.0 Å². The van der Waals surface area contributed by atoms with Crippen molar-refractivity contribution >= 4 is 21.4 Å². The minimum absolute atomic E-state index is 0.0432. The number of hydrogen-bond donors (Lipinski definition) is 1. The summed E-state index contributed by atoms with van der Waals surface area (Å²) in [5.41, 5.74) is 4.76. The van der Waals surface area contributed by atoms with Gasteiger partial charge in [-0.25, -0.2) is 13.1 Å². The van der Waals surface area contributed by atoms with Crippen LogP contribution >= 0.6 is 0 Å². The molecule has 1 aliphatic rings. The van der Waals surface area contributed by atoms with Crippen LogP contribution in [0.15, 0.2) is 48.5 Å². The van der Waals surface area contributed by atoms with Crippen LogP contribution in [0.4, 0.5) is 11.4 Å². The average Bonchev–Trinajstić information content (AvgIpc) is 3.06. The van der Waals surface area contributed by atoms with Gasteiger partial charge in [-0.3, -0.25) is 0 Å². The minimum Gasteiger partial charge on any atom is -0.378 e. The van der Waals surface area contributed by atoms with E-state index in [1.807, 2.05) is 20.2 Å². The Morgan fingerprint density at radius 1 is 1.07 bits per heavy atom. The number of rotatable bonds is 7. The van der Waals surface area contributed by atoms with E-state index in [2.05, 4.69) is 57.0 Å². The van der Waals surface area contributed by atoms with E-state index in [0.717, 1.165) is 24.2 Å². The van der Waals surface area contributed by atoms with Gasteiger partial charge in [-0.1, -0.05) is 30.3 Å². The van der Waals surface area contributed by atoms with Crippen molar-refractivity contribution < 1.29 is 8.42 Å². The monoisotopic (exact) mass is 387 g/mol. The predicted molar refractivity (Wildman–Crippen MR) is 113 cm³/mol. The van der Waals surface area contributed by atoms with E-state index in [4.69, 9.17) is 0 Å². The first-order valence-corrected chi connectivity index (χ1v) is 10.9. The van der Waals surface area contributed by atoms with E-state index in [1.165, 1.54) is 11.3 Å². The minimum atomic E-state index is -3.31. The molecule has 0 amide bonds. The Hall–Kier alpha value is -2.05. The molecule has 0 aliphatic carbocycles. The van der Waals surface area contributed by atoms with Gasteiger partial charge < -0.3 is 9.80 Å². The molecule has 5 nitrogen and oxygen atoms in total. The van der Waals surface area contributed by atoms with Crippen LogP contribution in [-0.2, 0) is 16.4 Å². The number of nitrogens with zero attached hydrogens (tertiary/aromatic N) is 2. The lowest BCUT2D eigenvalue weighted by atomic mass is 10.0. The zero-order chi connectivity index (χ0) is 19.6. The molecule has 0 saturated carbocycles. The van der Waals surface area contributed by atoms with Crippen LogP contribution in [-0.4, -0.2) is 40.9 Å². The molecule has 2 aromatic rings. The maximum atomic E-state index is 12.3. The topological polar surface area (TPSA) is 52.7 Å². The van der Waals surface area contributed by atoms with Gasteiger partial charge in [0.15, 0.2) is 0 Å². The average molecular weight is 388 g/mol. The fourth-order valence-corrected chi connectivity index (χ4v) is 4.18. The number of benzene rings is 2. The first-order chi connectivity index (χ1) is 12.8. The summed E-state index contributed by atoms with van der Waals surface area (Å²) in [6.45, 7) is 4.65. The molecule has 146 valence electrons. The third-order valence-corrected chi connectivity index (χ3v) is 7.00. The van der Waals surface area contributed by atoms with Gasteiger partial charge >= 0.3 is 0 Å². The van der Waals surface area contributed by atoms with Crippen LogP contribution in [0.3, 0.4) is 0 Å². The standard InChI is InChI=1S/C21H29N3O2S/c1-16(2)27(25,26)22-15-21(18-9-11-19(12-10-18)23(3)4)24-14-13-17-7-5-6-8-20(17)24/h5-12,16,21-22H,13-15H2,1-4H3. The highest BCUT2D eigenvalue weighted by atomic mass is 32.2. The van der Waals surface area contributed by atoms with Gasteiger partial charge in [0.1, 0.15) is 0 Å². The first-order valence-electron chi connectivity index (χ1n) is 9.40. The summed E-state index contributed by atoms with van der Waals surface area (Å²) >= 11 is 0. The normalized spacial score (nSPS) is 15.1. The van der Waals surface area contributed by atoms with Gasteiger partial charge in [0.05, 0.1) is 11.3 Å². The number of anilines is 2. The molecule has 1 heterocycles. The summed E-state index contributed by atoms with van der Waals surface area (Å²) in [5.74, 6) is 0. The van der Waals surface area contributed by atoms with Gasteiger partial charge in [0.25, 0.3) is 0 Å². The lowest BCUT2D eigenvalue weighted by Crippen LogP contribution is -2.39. The first kappa shape index (κ1) is 19.7. The molecule has 2 aromatic carbocycles. The van der Waals surface area contributed by atoms with E-state index in [0.29, 0.717) is 6.54 Å². The molecule has 1 aliphatic heterocycles.